The Kier molecular flexibility index (Phi) is 5.63. The maximum absolute atomic E-state index is 11.8. The maximum Gasteiger partial charge on any atom is 0.261 e. The zero-order valence-corrected chi connectivity index (χ0v) is 17.0. The number of hydrogen-bond acceptors (Lipinski definition) is 2. The number of carbonyl (C=O) groups excluding carboxylic acids is 1. The van der Waals surface area contributed by atoms with Gasteiger partial charge in [0.05, 0.1) is 0 Å². The van der Waals surface area contributed by atoms with Crippen LogP contribution in [0.1, 0.15) is 33.6 Å². The molecule has 0 aromatic heterocycles. The second-order valence-electron chi connectivity index (χ2n) is 8.18. The van der Waals surface area contributed by atoms with Crippen LogP contribution in [0.4, 0.5) is 0 Å². The van der Waals surface area contributed by atoms with E-state index < -0.39 is 8.32 Å². The van der Waals surface area contributed by atoms with E-state index >= 15 is 0 Å². The number of amides is 1. The van der Waals surface area contributed by atoms with Crippen molar-refractivity contribution in [2.75, 3.05) is 13.2 Å². The molecule has 3 nitrogen and oxygen atoms in total. The van der Waals surface area contributed by atoms with Crippen molar-refractivity contribution in [2.45, 2.75) is 38.7 Å². The van der Waals surface area contributed by atoms with Gasteiger partial charge in [-0.1, -0.05) is 81.4 Å². The molecule has 1 atom stereocenters. The molecule has 26 heavy (non-hydrogen) atoms. The van der Waals surface area contributed by atoms with E-state index in [1.54, 1.807) is 0 Å². The summed E-state index contributed by atoms with van der Waals surface area (Å²) >= 11 is 0. The zero-order valence-electron chi connectivity index (χ0n) is 16.0. The van der Waals surface area contributed by atoms with Crippen LogP contribution in [0.2, 0.25) is 5.04 Å². The van der Waals surface area contributed by atoms with Gasteiger partial charge in [0.15, 0.2) is 0 Å². The van der Waals surface area contributed by atoms with Crippen LogP contribution in [0.3, 0.4) is 0 Å². The Morgan fingerprint density at radius 3 is 2.00 bits per heavy atom. The molecule has 3 rings (SSSR count). The third kappa shape index (κ3) is 3.76. The predicted octanol–water partition coefficient (Wildman–Crippen LogP) is 3.09. The lowest BCUT2D eigenvalue weighted by Crippen LogP contribution is -2.67. The third-order valence-electron chi connectivity index (χ3n) is 5.30. The first-order valence-electron chi connectivity index (χ1n) is 9.45. The van der Waals surface area contributed by atoms with E-state index in [1.807, 2.05) is 0 Å². The van der Waals surface area contributed by atoms with Gasteiger partial charge in [-0.3, -0.25) is 4.79 Å². The van der Waals surface area contributed by atoms with Crippen LogP contribution < -0.4 is 15.7 Å². The standard InChI is InChI=1S/C22H29NO2Si/c1-22(2,3)26(19-10-6-4-7-11-19,20-12-8-5-9-13-20)25-17-18-14-15-23-21(24)16-18/h4-13,18H,14-17H2,1-3H3,(H,23,24). The van der Waals surface area contributed by atoms with Gasteiger partial charge in [-0.25, -0.2) is 0 Å². The van der Waals surface area contributed by atoms with Crippen LogP contribution in [0.5, 0.6) is 0 Å². The quantitative estimate of drug-likeness (QED) is 0.825. The van der Waals surface area contributed by atoms with Crippen molar-refractivity contribution in [3.05, 3.63) is 60.7 Å². The Labute approximate surface area is 157 Å². The SMILES string of the molecule is CC(C)(C)[Si](OCC1CCNC(=O)C1)(c1ccccc1)c1ccccc1. The Morgan fingerprint density at radius 1 is 1.00 bits per heavy atom. The molecule has 1 amide bonds. The van der Waals surface area contributed by atoms with E-state index in [0.717, 1.165) is 13.0 Å². The van der Waals surface area contributed by atoms with Crippen LogP contribution in [0.25, 0.3) is 0 Å². The van der Waals surface area contributed by atoms with Crippen LogP contribution in [-0.4, -0.2) is 27.4 Å². The fourth-order valence-electron chi connectivity index (χ4n) is 4.00. The first-order valence-corrected chi connectivity index (χ1v) is 11.4. The van der Waals surface area contributed by atoms with E-state index in [4.69, 9.17) is 4.43 Å². The smallest absolute Gasteiger partial charge is 0.261 e. The van der Waals surface area contributed by atoms with Gasteiger partial charge in [0.1, 0.15) is 0 Å². The van der Waals surface area contributed by atoms with Crippen molar-refractivity contribution in [3.63, 3.8) is 0 Å². The number of benzene rings is 2. The molecule has 0 aliphatic carbocycles. The number of carbonyl (C=O) groups is 1. The molecule has 1 heterocycles. The van der Waals surface area contributed by atoms with Crippen LogP contribution in [0, 0.1) is 5.92 Å². The Morgan fingerprint density at radius 2 is 1.54 bits per heavy atom. The van der Waals surface area contributed by atoms with Gasteiger partial charge >= 0.3 is 0 Å². The average molecular weight is 368 g/mol. The van der Waals surface area contributed by atoms with Gasteiger partial charge in [-0.05, 0) is 27.8 Å². The molecule has 0 spiro atoms. The molecular formula is C22H29NO2Si. The molecular weight excluding hydrogens is 338 g/mol. The monoisotopic (exact) mass is 367 g/mol. The molecule has 1 unspecified atom stereocenters. The third-order valence-corrected chi connectivity index (χ3v) is 10.3. The number of hydrogen-bond donors (Lipinski definition) is 1. The first-order chi connectivity index (χ1) is 12.4. The lowest BCUT2D eigenvalue weighted by molar-refractivity contribution is -0.123. The summed E-state index contributed by atoms with van der Waals surface area (Å²) in [5.41, 5.74) is 0. The highest BCUT2D eigenvalue weighted by Crippen LogP contribution is 2.37. The minimum atomic E-state index is -2.49. The van der Waals surface area contributed by atoms with Gasteiger partial charge in [0.2, 0.25) is 5.91 Å². The minimum Gasteiger partial charge on any atom is -0.407 e. The second kappa shape index (κ2) is 7.76. The van der Waals surface area contributed by atoms with Crippen LogP contribution >= 0.6 is 0 Å². The summed E-state index contributed by atoms with van der Waals surface area (Å²) in [4.78, 5) is 11.8. The largest absolute Gasteiger partial charge is 0.407 e. The molecule has 1 N–H and O–H groups in total. The summed E-state index contributed by atoms with van der Waals surface area (Å²) in [6.45, 7) is 8.25. The highest BCUT2D eigenvalue weighted by molar-refractivity contribution is 6.99. The fourth-order valence-corrected chi connectivity index (χ4v) is 8.64. The highest BCUT2D eigenvalue weighted by atomic mass is 28.4. The molecule has 1 fully saturated rings. The van der Waals surface area contributed by atoms with Gasteiger partial charge < -0.3 is 9.74 Å². The molecule has 4 heteroatoms. The van der Waals surface area contributed by atoms with Crippen molar-refractivity contribution >= 4 is 24.6 Å². The lowest BCUT2D eigenvalue weighted by atomic mass is 9.99. The second-order valence-corrected chi connectivity index (χ2v) is 12.5. The molecule has 2 aromatic carbocycles. The van der Waals surface area contributed by atoms with Crippen molar-refractivity contribution in [2.24, 2.45) is 5.92 Å². The maximum atomic E-state index is 11.8. The molecule has 0 saturated carbocycles. The molecule has 138 valence electrons. The van der Waals surface area contributed by atoms with Crippen LogP contribution in [0.15, 0.2) is 60.7 Å². The molecule has 1 saturated heterocycles. The normalized spacial score (nSPS) is 18.4. The Balaban J connectivity index is 2.01. The van der Waals surface area contributed by atoms with Crippen molar-refractivity contribution < 1.29 is 9.22 Å². The average Bonchev–Trinajstić information content (AvgIpc) is 2.63. The number of rotatable bonds is 5. The van der Waals surface area contributed by atoms with Crippen molar-refractivity contribution in [3.8, 4) is 0 Å². The molecule has 0 bridgehead atoms. The van der Waals surface area contributed by atoms with E-state index in [2.05, 4.69) is 86.8 Å². The molecule has 2 aromatic rings. The molecule has 1 aliphatic heterocycles. The molecule has 1 aliphatic rings. The summed E-state index contributed by atoms with van der Waals surface area (Å²) < 4.78 is 6.91. The highest BCUT2D eigenvalue weighted by Gasteiger charge is 2.50. The summed E-state index contributed by atoms with van der Waals surface area (Å²) in [5, 5.41) is 5.48. The van der Waals surface area contributed by atoms with Gasteiger partial charge in [-0.15, -0.1) is 0 Å². The van der Waals surface area contributed by atoms with E-state index in [-0.39, 0.29) is 10.9 Å². The Hall–Kier alpha value is -1.91. The van der Waals surface area contributed by atoms with E-state index in [0.29, 0.717) is 18.9 Å². The topological polar surface area (TPSA) is 38.3 Å². The minimum absolute atomic E-state index is 0.0212. The van der Waals surface area contributed by atoms with E-state index in [9.17, 15) is 4.79 Å². The summed E-state index contributed by atoms with van der Waals surface area (Å²) in [6, 6.07) is 21.3. The summed E-state index contributed by atoms with van der Waals surface area (Å²) in [7, 11) is -2.49. The first kappa shape index (κ1) is 18.9. The summed E-state index contributed by atoms with van der Waals surface area (Å²) in [6.07, 6.45) is 1.56. The van der Waals surface area contributed by atoms with E-state index in [1.165, 1.54) is 10.4 Å². The van der Waals surface area contributed by atoms with Gasteiger partial charge in [0, 0.05) is 19.6 Å². The van der Waals surface area contributed by atoms with Crippen molar-refractivity contribution in [1.82, 2.24) is 5.32 Å². The number of piperidine rings is 1. The van der Waals surface area contributed by atoms with Crippen LogP contribution in [-0.2, 0) is 9.22 Å². The summed E-state index contributed by atoms with van der Waals surface area (Å²) in [5.74, 6) is 0.442. The Bertz CT molecular complexity index is 685. The van der Waals surface area contributed by atoms with Gasteiger partial charge in [-0.2, -0.15) is 0 Å². The number of nitrogens with one attached hydrogen (secondary N) is 1. The molecule has 0 radical (unpaired) electrons. The fraction of sp³-hybridized carbons (Fsp3) is 0.409. The predicted molar refractivity (Wildman–Crippen MR) is 109 cm³/mol. The lowest BCUT2D eigenvalue weighted by Gasteiger charge is -2.44. The zero-order chi connectivity index (χ0) is 18.6. The van der Waals surface area contributed by atoms with Gasteiger partial charge in [0.25, 0.3) is 8.32 Å². The van der Waals surface area contributed by atoms with Crippen molar-refractivity contribution in [1.29, 1.82) is 0 Å².